The summed E-state index contributed by atoms with van der Waals surface area (Å²) in [5.41, 5.74) is 0.190. The molecular formula is C18H22F2N4. The summed E-state index contributed by atoms with van der Waals surface area (Å²) in [5.74, 6) is 0.569. The minimum absolute atomic E-state index is 0.190. The number of aryl methyl sites for hydroxylation is 1. The molecule has 0 bridgehead atoms. The minimum Gasteiger partial charge on any atom is -0.367 e. The van der Waals surface area contributed by atoms with E-state index in [0.29, 0.717) is 17.7 Å². The number of hydrogen-bond acceptors (Lipinski definition) is 4. The van der Waals surface area contributed by atoms with Gasteiger partial charge in [0.25, 0.3) is 0 Å². The lowest BCUT2D eigenvalue weighted by atomic mass is 10.1. The van der Waals surface area contributed by atoms with Gasteiger partial charge in [-0.1, -0.05) is 25.7 Å². The molecule has 1 aromatic carbocycles. The Labute approximate surface area is 140 Å². The molecule has 0 amide bonds. The summed E-state index contributed by atoms with van der Waals surface area (Å²) in [5, 5.41) is 6.36. The van der Waals surface area contributed by atoms with Crippen molar-refractivity contribution < 1.29 is 8.78 Å². The Balaban J connectivity index is 1.75. The first-order chi connectivity index (χ1) is 11.6. The van der Waals surface area contributed by atoms with E-state index >= 15 is 0 Å². The van der Waals surface area contributed by atoms with Crippen LogP contribution in [0, 0.1) is 18.6 Å². The van der Waals surface area contributed by atoms with Crippen molar-refractivity contribution in [2.24, 2.45) is 0 Å². The molecule has 4 nitrogen and oxygen atoms in total. The van der Waals surface area contributed by atoms with Gasteiger partial charge in [-0.25, -0.2) is 18.7 Å². The van der Waals surface area contributed by atoms with Crippen LogP contribution in [-0.4, -0.2) is 16.0 Å². The second kappa shape index (κ2) is 7.55. The van der Waals surface area contributed by atoms with Gasteiger partial charge in [-0.3, -0.25) is 0 Å². The van der Waals surface area contributed by atoms with Crippen molar-refractivity contribution in [1.29, 1.82) is 0 Å². The Morgan fingerprint density at radius 3 is 2.38 bits per heavy atom. The molecule has 0 unspecified atom stereocenters. The second-order valence-electron chi connectivity index (χ2n) is 6.27. The number of hydrogen-bond donors (Lipinski definition) is 2. The summed E-state index contributed by atoms with van der Waals surface area (Å²) < 4.78 is 26.8. The highest BCUT2D eigenvalue weighted by molar-refractivity contribution is 5.59. The third kappa shape index (κ3) is 4.40. The molecule has 2 N–H and O–H groups in total. The highest BCUT2D eigenvalue weighted by Crippen LogP contribution is 2.24. The zero-order valence-corrected chi connectivity index (χ0v) is 13.8. The van der Waals surface area contributed by atoms with Gasteiger partial charge in [0.1, 0.15) is 29.1 Å². The molecule has 0 atom stereocenters. The van der Waals surface area contributed by atoms with E-state index in [4.69, 9.17) is 0 Å². The first-order valence-electron chi connectivity index (χ1n) is 8.44. The maximum absolute atomic E-state index is 13.8. The van der Waals surface area contributed by atoms with E-state index in [1.54, 1.807) is 13.0 Å². The molecule has 128 valence electrons. The van der Waals surface area contributed by atoms with Crippen molar-refractivity contribution in [3.8, 4) is 0 Å². The van der Waals surface area contributed by atoms with Crippen LogP contribution in [0.1, 0.15) is 44.3 Å². The predicted molar refractivity (Wildman–Crippen MR) is 91.5 cm³/mol. The van der Waals surface area contributed by atoms with E-state index in [0.717, 1.165) is 24.7 Å². The van der Waals surface area contributed by atoms with E-state index in [1.165, 1.54) is 37.8 Å². The van der Waals surface area contributed by atoms with Crippen molar-refractivity contribution in [3.63, 3.8) is 0 Å². The first-order valence-corrected chi connectivity index (χ1v) is 8.44. The third-order valence-electron chi connectivity index (χ3n) is 4.24. The van der Waals surface area contributed by atoms with Crippen LogP contribution in [0.5, 0.6) is 0 Å². The summed E-state index contributed by atoms with van der Waals surface area (Å²) in [6.45, 7) is 1.80. The van der Waals surface area contributed by atoms with Gasteiger partial charge < -0.3 is 10.6 Å². The zero-order valence-electron chi connectivity index (χ0n) is 13.8. The van der Waals surface area contributed by atoms with Crippen LogP contribution in [0.4, 0.5) is 26.1 Å². The van der Waals surface area contributed by atoms with Gasteiger partial charge in [0.15, 0.2) is 0 Å². The van der Waals surface area contributed by atoms with Gasteiger partial charge in [-0.15, -0.1) is 0 Å². The largest absolute Gasteiger partial charge is 0.367 e. The van der Waals surface area contributed by atoms with Crippen molar-refractivity contribution in [2.75, 3.05) is 10.6 Å². The average Bonchev–Trinajstić information content (AvgIpc) is 2.78. The van der Waals surface area contributed by atoms with Crippen LogP contribution in [0.15, 0.2) is 24.3 Å². The molecule has 0 saturated heterocycles. The quantitative estimate of drug-likeness (QED) is 0.779. The molecule has 1 fully saturated rings. The number of nitrogens with zero attached hydrogens (tertiary/aromatic N) is 2. The molecular weight excluding hydrogens is 310 g/mol. The highest BCUT2D eigenvalue weighted by atomic mass is 19.1. The van der Waals surface area contributed by atoms with E-state index in [9.17, 15) is 8.78 Å². The monoisotopic (exact) mass is 332 g/mol. The Morgan fingerprint density at radius 1 is 0.958 bits per heavy atom. The maximum atomic E-state index is 13.8. The van der Waals surface area contributed by atoms with Crippen LogP contribution < -0.4 is 10.6 Å². The Bertz CT molecular complexity index is 697. The Morgan fingerprint density at radius 2 is 1.67 bits per heavy atom. The number of nitrogens with one attached hydrogen (secondary N) is 2. The molecule has 1 aliphatic carbocycles. The number of rotatable bonds is 4. The molecule has 1 aliphatic rings. The topological polar surface area (TPSA) is 49.8 Å². The van der Waals surface area contributed by atoms with Crippen LogP contribution in [0.2, 0.25) is 0 Å². The Kier molecular flexibility index (Phi) is 5.23. The van der Waals surface area contributed by atoms with E-state index < -0.39 is 11.6 Å². The summed E-state index contributed by atoms with van der Waals surface area (Å²) in [6, 6.07) is 5.60. The minimum atomic E-state index is -0.649. The van der Waals surface area contributed by atoms with E-state index in [-0.39, 0.29) is 5.69 Å². The number of aromatic nitrogens is 2. The molecule has 1 heterocycles. The average molecular weight is 332 g/mol. The van der Waals surface area contributed by atoms with Crippen molar-refractivity contribution in [1.82, 2.24) is 9.97 Å². The fraction of sp³-hybridized carbons (Fsp3) is 0.444. The van der Waals surface area contributed by atoms with Crippen LogP contribution in [0.25, 0.3) is 0 Å². The predicted octanol–water partition coefficient (Wildman–Crippen LogP) is 4.94. The number of halogens is 2. The fourth-order valence-corrected chi connectivity index (χ4v) is 3.07. The molecule has 1 saturated carbocycles. The van der Waals surface area contributed by atoms with Crippen molar-refractivity contribution in [3.05, 3.63) is 41.7 Å². The standard InChI is InChI=1S/C18H22F2N4/c1-12-21-17(23-14-6-4-2-3-5-7-14)11-18(22-12)24-16-9-8-13(19)10-15(16)20/h8-11,14H,2-7H2,1H3,(H2,21,22,23,24). The molecule has 0 spiro atoms. The van der Waals surface area contributed by atoms with Gasteiger partial charge in [0.05, 0.1) is 5.69 Å². The molecule has 2 aromatic rings. The smallest absolute Gasteiger partial charge is 0.149 e. The van der Waals surface area contributed by atoms with Gasteiger partial charge >= 0.3 is 0 Å². The number of anilines is 3. The maximum Gasteiger partial charge on any atom is 0.149 e. The van der Waals surface area contributed by atoms with Gasteiger partial charge in [-0.05, 0) is 31.9 Å². The van der Waals surface area contributed by atoms with Crippen molar-refractivity contribution >= 4 is 17.3 Å². The SMILES string of the molecule is Cc1nc(Nc2ccc(F)cc2F)cc(NC2CCCCCC2)n1. The lowest BCUT2D eigenvalue weighted by Crippen LogP contribution is -2.19. The van der Waals surface area contributed by atoms with Gasteiger partial charge in [-0.2, -0.15) is 0 Å². The summed E-state index contributed by atoms with van der Waals surface area (Å²) in [6.07, 6.45) is 7.31. The lowest BCUT2D eigenvalue weighted by molar-refractivity contribution is 0.586. The molecule has 6 heteroatoms. The molecule has 24 heavy (non-hydrogen) atoms. The zero-order chi connectivity index (χ0) is 16.9. The fourth-order valence-electron chi connectivity index (χ4n) is 3.07. The first kappa shape index (κ1) is 16.6. The van der Waals surface area contributed by atoms with Crippen LogP contribution in [-0.2, 0) is 0 Å². The Hall–Kier alpha value is -2.24. The van der Waals surface area contributed by atoms with Crippen LogP contribution in [0.3, 0.4) is 0 Å². The molecule has 3 rings (SSSR count). The summed E-state index contributed by atoms with van der Waals surface area (Å²) >= 11 is 0. The summed E-state index contributed by atoms with van der Waals surface area (Å²) in [4.78, 5) is 8.70. The lowest BCUT2D eigenvalue weighted by Gasteiger charge is -2.18. The van der Waals surface area contributed by atoms with E-state index in [1.807, 2.05) is 0 Å². The number of benzene rings is 1. The van der Waals surface area contributed by atoms with Gasteiger partial charge in [0, 0.05) is 18.2 Å². The van der Waals surface area contributed by atoms with Gasteiger partial charge in [0.2, 0.25) is 0 Å². The van der Waals surface area contributed by atoms with E-state index in [2.05, 4.69) is 20.6 Å². The molecule has 0 radical (unpaired) electrons. The summed E-state index contributed by atoms with van der Waals surface area (Å²) in [7, 11) is 0. The molecule has 1 aromatic heterocycles. The third-order valence-corrected chi connectivity index (χ3v) is 4.24. The normalized spacial score (nSPS) is 15.8. The molecule has 0 aliphatic heterocycles. The van der Waals surface area contributed by atoms with Crippen molar-refractivity contribution in [2.45, 2.75) is 51.5 Å². The second-order valence-corrected chi connectivity index (χ2v) is 6.27. The van der Waals surface area contributed by atoms with Crippen LogP contribution >= 0.6 is 0 Å². The highest BCUT2D eigenvalue weighted by Gasteiger charge is 2.14.